The van der Waals surface area contributed by atoms with E-state index in [0.29, 0.717) is 30.5 Å². The van der Waals surface area contributed by atoms with E-state index in [-0.39, 0.29) is 10.3 Å². The maximum absolute atomic E-state index is 12.0. The molecule has 1 aliphatic rings. The van der Waals surface area contributed by atoms with Crippen molar-refractivity contribution in [2.75, 3.05) is 31.3 Å². The molecule has 0 unspecified atom stereocenters. The summed E-state index contributed by atoms with van der Waals surface area (Å²) >= 11 is 6.45. The third-order valence-corrected chi connectivity index (χ3v) is 6.54. The van der Waals surface area contributed by atoms with Crippen LogP contribution in [0.2, 0.25) is 5.02 Å². The Bertz CT molecular complexity index is 988. The van der Waals surface area contributed by atoms with Crippen molar-refractivity contribution in [3.05, 3.63) is 63.2 Å². The van der Waals surface area contributed by atoms with Gasteiger partial charge in [-0.05, 0) is 36.6 Å². The standard InChI is InChI=1S/C19H21ClN2O5S/c1-28(25,26)18-12-14(6-7-17(18)22(23)24)21-13-19(8-10-27-11-9-19)15-4-2-3-5-16(15)20/h2-7,12,21H,8-11,13H2,1H3. The summed E-state index contributed by atoms with van der Waals surface area (Å²) in [6.45, 7) is 1.70. The number of halogens is 1. The van der Waals surface area contributed by atoms with Crippen LogP contribution in [-0.2, 0) is 20.0 Å². The molecule has 1 saturated heterocycles. The molecule has 0 aromatic heterocycles. The van der Waals surface area contributed by atoms with Gasteiger partial charge >= 0.3 is 0 Å². The van der Waals surface area contributed by atoms with Gasteiger partial charge in [-0.3, -0.25) is 10.1 Å². The number of benzene rings is 2. The van der Waals surface area contributed by atoms with Gasteiger partial charge in [-0.15, -0.1) is 0 Å². The summed E-state index contributed by atoms with van der Waals surface area (Å²) in [6.07, 6.45) is 2.48. The van der Waals surface area contributed by atoms with Crippen LogP contribution < -0.4 is 5.32 Å². The van der Waals surface area contributed by atoms with Gasteiger partial charge in [0.15, 0.2) is 9.84 Å². The van der Waals surface area contributed by atoms with Gasteiger partial charge in [0.2, 0.25) is 0 Å². The second kappa shape index (κ2) is 8.06. The molecular weight excluding hydrogens is 404 g/mol. The molecule has 0 aliphatic carbocycles. The largest absolute Gasteiger partial charge is 0.384 e. The first-order valence-corrected chi connectivity index (χ1v) is 11.0. The van der Waals surface area contributed by atoms with Crippen LogP contribution in [0.5, 0.6) is 0 Å². The molecule has 7 nitrogen and oxygen atoms in total. The van der Waals surface area contributed by atoms with Crippen LogP contribution in [0.1, 0.15) is 18.4 Å². The van der Waals surface area contributed by atoms with Crippen molar-refractivity contribution in [3.8, 4) is 0 Å². The summed E-state index contributed by atoms with van der Waals surface area (Å²) in [7, 11) is -3.74. The predicted octanol–water partition coefficient (Wildman–Crippen LogP) is 3.81. The van der Waals surface area contributed by atoms with E-state index in [1.807, 2.05) is 24.3 Å². The molecular formula is C19H21ClN2O5S. The van der Waals surface area contributed by atoms with Crippen LogP contribution in [0.4, 0.5) is 11.4 Å². The Kier molecular flexibility index (Phi) is 5.92. The zero-order valence-electron chi connectivity index (χ0n) is 15.4. The van der Waals surface area contributed by atoms with E-state index in [2.05, 4.69) is 5.32 Å². The highest BCUT2D eigenvalue weighted by Crippen LogP contribution is 2.39. The first kappa shape index (κ1) is 20.6. The van der Waals surface area contributed by atoms with Gasteiger partial charge in [0, 0.05) is 48.2 Å². The second-order valence-electron chi connectivity index (χ2n) is 6.94. The number of ether oxygens (including phenoxy) is 1. The van der Waals surface area contributed by atoms with Gasteiger partial charge in [-0.1, -0.05) is 29.8 Å². The Balaban J connectivity index is 1.92. The summed E-state index contributed by atoms with van der Waals surface area (Å²) in [6, 6.07) is 11.7. The highest BCUT2D eigenvalue weighted by Gasteiger charge is 2.36. The van der Waals surface area contributed by atoms with Crippen LogP contribution in [0.3, 0.4) is 0 Å². The third-order valence-electron chi connectivity index (χ3n) is 5.08. The number of nitrogens with one attached hydrogen (secondary N) is 1. The quantitative estimate of drug-likeness (QED) is 0.559. The van der Waals surface area contributed by atoms with Crippen molar-refractivity contribution in [1.82, 2.24) is 0 Å². The molecule has 1 aliphatic heterocycles. The van der Waals surface area contributed by atoms with Crippen LogP contribution in [0, 0.1) is 10.1 Å². The van der Waals surface area contributed by atoms with Crippen LogP contribution >= 0.6 is 11.6 Å². The van der Waals surface area contributed by atoms with Crippen molar-refractivity contribution >= 4 is 32.8 Å². The summed E-state index contributed by atoms with van der Waals surface area (Å²) < 4.78 is 29.5. The van der Waals surface area contributed by atoms with Crippen LogP contribution in [-0.4, -0.2) is 39.4 Å². The molecule has 28 heavy (non-hydrogen) atoms. The summed E-state index contributed by atoms with van der Waals surface area (Å²) in [5.41, 5.74) is 0.811. The molecule has 9 heteroatoms. The van der Waals surface area contributed by atoms with Gasteiger partial charge in [0.05, 0.1) is 4.92 Å². The average Bonchev–Trinajstić information content (AvgIpc) is 2.66. The van der Waals surface area contributed by atoms with Gasteiger partial charge in [0.25, 0.3) is 5.69 Å². The molecule has 0 saturated carbocycles. The molecule has 150 valence electrons. The lowest BCUT2D eigenvalue weighted by Gasteiger charge is -2.38. The lowest BCUT2D eigenvalue weighted by Crippen LogP contribution is -2.40. The molecule has 0 atom stereocenters. The van der Waals surface area contributed by atoms with Crippen LogP contribution in [0.15, 0.2) is 47.4 Å². The van der Waals surface area contributed by atoms with E-state index in [1.165, 1.54) is 18.2 Å². The van der Waals surface area contributed by atoms with Gasteiger partial charge in [-0.25, -0.2) is 8.42 Å². The maximum atomic E-state index is 12.0. The Labute approximate surface area is 168 Å². The Morgan fingerprint density at radius 3 is 2.50 bits per heavy atom. The van der Waals surface area contributed by atoms with Crippen LogP contribution in [0.25, 0.3) is 0 Å². The van der Waals surface area contributed by atoms with E-state index in [4.69, 9.17) is 16.3 Å². The summed E-state index contributed by atoms with van der Waals surface area (Å²) in [4.78, 5) is 10.2. The number of nitro benzene ring substituents is 1. The second-order valence-corrected chi connectivity index (χ2v) is 9.33. The lowest BCUT2D eigenvalue weighted by atomic mass is 9.74. The minimum absolute atomic E-state index is 0.274. The topological polar surface area (TPSA) is 98.5 Å². The van der Waals surface area contributed by atoms with Crippen molar-refractivity contribution in [1.29, 1.82) is 0 Å². The van der Waals surface area contributed by atoms with E-state index in [1.54, 1.807) is 0 Å². The highest BCUT2D eigenvalue weighted by atomic mass is 35.5. The van der Waals surface area contributed by atoms with Crippen molar-refractivity contribution < 1.29 is 18.1 Å². The van der Waals surface area contributed by atoms with E-state index >= 15 is 0 Å². The molecule has 0 radical (unpaired) electrons. The molecule has 1 fully saturated rings. The molecule has 0 spiro atoms. The Hall–Kier alpha value is -2.16. The molecule has 2 aromatic carbocycles. The van der Waals surface area contributed by atoms with Gasteiger partial charge < -0.3 is 10.1 Å². The minimum Gasteiger partial charge on any atom is -0.384 e. The molecule has 0 amide bonds. The minimum atomic E-state index is -3.74. The first-order chi connectivity index (χ1) is 13.2. The number of rotatable bonds is 6. The van der Waals surface area contributed by atoms with Crippen molar-refractivity contribution in [3.63, 3.8) is 0 Å². The monoisotopic (exact) mass is 424 g/mol. The number of hydrogen-bond acceptors (Lipinski definition) is 6. The number of nitro groups is 1. The number of hydrogen-bond donors (Lipinski definition) is 1. The average molecular weight is 425 g/mol. The fraction of sp³-hybridized carbons (Fsp3) is 0.368. The Morgan fingerprint density at radius 2 is 1.89 bits per heavy atom. The zero-order valence-corrected chi connectivity index (χ0v) is 16.9. The fourth-order valence-electron chi connectivity index (χ4n) is 3.54. The highest BCUT2D eigenvalue weighted by molar-refractivity contribution is 7.90. The van der Waals surface area contributed by atoms with E-state index in [9.17, 15) is 18.5 Å². The van der Waals surface area contributed by atoms with Gasteiger partial charge in [-0.2, -0.15) is 0 Å². The molecule has 1 N–H and O–H groups in total. The summed E-state index contributed by atoms with van der Waals surface area (Å²) in [5.74, 6) is 0. The third kappa shape index (κ3) is 4.29. The number of nitrogens with zero attached hydrogens (tertiary/aromatic N) is 1. The van der Waals surface area contributed by atoms with E-state index < -0.39 is 20.4 Å². The maximum Gasteiger partial charge on any atom is 0.288 e. The smallest absolute Gasteiger partial charge is 0.288 e. The van der Waals surface area contributed by atoms with Gasteiger partial charge in [0.1, 0.15) is 4.90 Å². The Morgan fingerprint density at radius 1 is 1.21 bits per heavy atom. The lowest BCUT2D eigenvalue weighted by molar-refractivity contribution is -0.387. The van der Waals surface area contributed by atoms with E-state index in [0.717, 1.165) is 24.7 Å². The summed E-state index contributed by atoms with van der Waals surface area (Å²) in [5, 5.41) is 15.1. The number of sulfone groups is 1. The number of anilines is 1. The first-order valence-electron chi connectivity index (χ1n) is 8.78. The fourth-order valence-corrected chi connectivity index (χ4v) is 4.74. The van der Waals surface area contributed by atoms with Crippen molar-refractivity contribution in [2.45, 2.75) is 23.2 Å². The normalized spacial score (nSPS) is 16.5. The molecule has 3 rings (SSSR count). The SMILES string of the molecule is CS(=O)(=O)c1cc(NCC2(c3ccccc3Cl)CCOCC2)ccc1[N+](=O)[O-]. The molecule has 1 heterocycles. The zero-order chi connectivity index (χ0) is 20.4. The molecule has 0 bridgehead atoms. The predicted molar refractivity (Wildman–Crippen MR) is 108 cm³/mol. The van der Waals surface area contributed by atoms with Crippen molar-refractivity contribution in [2.24, 2.45) is 0 Å². The molecule has 2 aromatic rings.